The van der Waals surface area contributed by atoms with Crippen LogP contribution in [-0.2, 0) is 23.8 Å². The molecule has 0 N–H and O–H groups in total. The molecule has 4 nitrogen and oxygen atoms in total. The van der Waals surface area contributed by atoms with Crippen LogP contribution in [0.4, 0.5) is 0 Å². The molecule has 0 saturated heterocycles. The molecule has 0 aliphatic heterocycles. The number of aromatic nitrogens is 3. The molecule has 2 rings (SSSR count). The van der Waals surface area contributed by atoms with Gasteiger partial charge in [-0.15, -0.1) is 11.6 Å². The molecule has 0 amide bonds. The van der Waals surface area contributed by atoms with Crippen molar-refractivity contribution in [1.82, 2.24) is 14.5 Å². The first-order chi connectivity index (χ1) is 8.61. The van der Waals surface area contributed by atoms with Gasteiger partial charge < -0.3 is 4.57 Å². The Bertz CT molecular complexity index is 582. The molecule has 1 unspecified atom stereocenters. The van der Waals surface area contributed by atoms with E-state index in [4.69, 9.17) is 11.6 Å². The van der Waals surface area contributed by atoms with Gasteiger partial charge in [0.15, 0.2) is 5.65 Å². The molecule has 1 atom stereocenters. The molecule has 2 heterocycles. The lowest BCUT2D eigenvalue weighted by Gasteiger charge is -2.06. The topological polar surface area (TPSA) is 47.8 Å². The van der Waals surface area contributed by atoms with Crippen LogP contribution in [0, 0.1) is 6.92 Å². The van der Waals surface area contributed by atoms with E-state index < -0.39 is 10.8 Å². The maximum absolute atomic E-state index is 11.2. The first-order valence-corrected chi connectivity index (χ1v) is 8.06. The Morgan fingerprint density at radius 1 is 1.39 bits per heavy atom. The van der Waals surface area contributed by atoms with Crippen molar-refractivity contribution in [3.05, 3.63) is 23.7 Å². The van der Waals surface area contributed by atoms with Gasteiger partial charge in [-0.1, -0.05) is 0 Å². The number of hydrogen-bond acceptors (Lipinski definition) is 3. The predicted octanol–water partition coefficient (Wildman–Crippen LogP) is 1.90. The second kappa shape index (κ2) is 5.80. The molecule has 0 spiro atoms. The van der Waals surface area contributed by atoms with Gasteiger partial charge in [0.25, 0.3) is 0 Å². The summed E-state index contributed by atoms with van der Waals surface area (Å²) in [4.78, 5) is 9.05. The molecular weight excluding hydrogens is 270 g/mol. The maximum atomic E-state index is 11.2. The third kappa shape index (κ3) is 2.90. The average molecular weight is 286 g/mol. The fourth-order valence-electron chi connectivity index (χ4n) is 1.87. The van der Waals surface area contributed by atoms with Crippen LogP contribution < -0.4 is 0 Å². The molecule has 0 radical (unpaired) electrons. The minimum absolute atomic E-state index is 0.525. The number of alkyl halides is 1. The molecular formula is C12H16ClN3OS. The number of fused-ring (bicyclic) bond motifs is 1. The Morgan fingerprint density at radius 3 is 2.83 bits per heavy atom. The molecule has 0 bridgehead atoms. The Labute approximate surface area is 114 Å². The van der Waals surface area contributed by atoms with Gasteiger partial charge in [-0.3, -0.25) is 4.21 Å². The fraction of sp³-hybridized carbons (Fsp3) is 0.500. The normalized spacial score (nSPS) is 13.1. The van der Waals surface area contributed by atoms with Crippen molar-refractivity contribution in [2.75, 3.05) is 17.9 Å². The van der Waals surface area contributed by atoms with Gasteiger partial charge in [0, 0.05) is 47.3 Å². The van der Waals surface area contributed by atoms with E-state index in [1.54, 1.807) is 6.26 Å². The highest BCUT2D eigenvalue weighted by Gasteiger charge is 2.11. The van der Waals surface area contributed by atoms with Crippen LogP contribution >= 0.6 is 11.6 Å². The zero-order valence-corrected chi connectivity index (χ0v) is 12.1. The minimum Gasteiger partial charge on any atom is -0.312 e. The molecule has 0 aliphatic carbocycles. The molecule has 0 aliphatic rings. The minimum atomic E-state index is -0.820. The number of hydrogen-bond donors (Lipinski definition) is 0. The first-order valence-electron chi connectivity index (χ1n) is 5.80. The van der Waals surface area contributed by atoms with Crippen molar-refractivity contribution >= 4 is 33.6 Å². The molecule has 0 fully saturated rings. The lowest BCUT2D eigenvalue weighted by molar-refractivity contribution is 0.673. The number of rotatable bonds is 5. The van der Waals surface area contributed by atoms with E-state index in [-0.39, 0.29) is 0 Å². The zero-order valence-electron chi connectivity index (χ0n) is 10.5. The zero-order chi connectivity index (χ0) is 13.1. The lowest BCUT2D eigenvalue weighted by atomic mass is 10.3. The summed E-state index contributed by atoms with van der Waals surface area (Å²) in [7, 11) is -0.820. The molecule has 2 aromatic heterocycles. The van der Waals surface area contributed by atoms with Crippen molar-refractivity contribution in [1.29, 1.82) is 0 Å². The van der Waals surface area contributed by atoms with E-state index >= 15 is 0 Å². The monoisotopic (exact) mass is 285 g/mol. The summed E-state index contributed by atoms with van der Waals surface area (Å²) in [6, 6.07) is 3.91. The van der Waals surface area contributed by atoms with Gasteiger partial charge in [0.1, 0.15) is 11.3 Å². The Hall–Kier alpha value is -0.940. The van der Waals surface area contributed by atoms with Gasteiger partial charge in [0.05, 0.1) is 0 Å². The summed E-state index contributed by atoms with van der Waals surface area (Å²) in [5, 5.41) is 0. The van der Waals surface area contributed by atoms with Crippen LogP contribution in [0.3, 0.4) is 0 Å². The molecule has 0 saturated carbocycles. The van der Waals surface area contributed by atoms with Crippen LogP contribution in [0.5, 0.6) is 0 Å². The van der Waals surface area contributed by atoms with Crippen LogP contribution in [0.15, 0.2) is 12.1 Å². The van der Waals surface area contributed by atoms with Crippen molar-refractivity contribution in [2.24, 2.45) is 0 Å². The van der Waals surface area contributed by atoms with E-state index in [1.807, 2.05) is 23.6 Å². The first kappa shape index (κ1) is 13.5. The van der Waals surface area contributed by atoms with E-state index in [0.717, 1.165) is 22.7 Å². The summed E-state index contributed by atoms with van der Waals surface area (Å²) < 4.78 is 13.3. The predicted molar refractivity (Wildman–Crippen MR) is 75.6 cm³/mol. The van der Waals surface area contributed by atoms with Crippen LogP contribution in [0.25, 0.3) is 11.2 Å². The van der Waals surface area contributed by atoms with Crippen LogP contribution in [0.1, 0.15) is 11.5 Å². The number of halogens is 1. The van der Waals surface area contributed by atoms with Gasteiger partial charge in [-0.05, 0) is 19.1 Å². The summed E-state index contributed by atoms with van der Waals surface area (Å²) in [6.07, 6.45) is 2.41. The smallest absolute Gasteiger partial charge is 0.160 e. The average Bonchev–Trinajstić information content (AvgIpc) is 2.64. The highest BCUT2D eigenvalue weighted by Crippen LogP contribution is 2.15. The second-order valence-electron chi connectivity index (χ2n) is 4.19. The largest absolute Gasteiger partial charge is 0.312 e. The standard InChI is InChI=1S/C12H16ClN3OS/c1-9-3-4-10-12(14-9)16(7-8-18(2)17)11(15-10)5-6-13/h3-4H,5-8H2,1-2H3. The number of aryl methyl sites for hydroxylation is 3. The van der Waals surface area contributed by atoms with E-state index in [2.05, 4.69) is 9.97 Å². The Kier molecular flexibility index (Phi) is 4.35. The van der Waals surface area contributed by atoms with Crippen molar-refractivity contribution in [3.8, 4) is 0 Å². The number of imidazole rings is 1. The number of pyridine rings is 1. The van der Waals surface area contributed by atoms with Crippen molar-refractivity contribution in [2.45, 2.75) is 19.9 Å². The van der Waals surface area contributed by atoms with E-state index in [0.29, 0.717) is 24.6 Å². The third-order valence-electron chi connectivity index (χ3n) is 2.73. The molecule has 6 heteroatoms. The van der Waals surface area contributed by atoms with Crippen LogP contribution in [0.2, 0.25) is 0 Å². The quantitative estimate of drug-likeness (QED) is 0.789. The van der Waals surface area contributed by atoms with Crippen molar-refractivity contribution in [3.63, 3.8) is 0 Å². The van der Waals surface area contributed by atoms with E-state index in [9.17, 15) is 4.21 Å². The van der Waals surface area contributed by atoms with Crippen LogP contribution in [-0.4, -0.2) is 36.6 Å². The van der Waals surface area contributed by atoms with Gasteiger partial charge >= 0.3 is 0 Å². The highest BCUT2D eigenvalue weighted by molar-refractivity contribution is 7.84. The van der Waals surface area contributed by atoms with Crippen molar-refractivity contribution < 1.29 is 4.21 Å². The van der Waals surface area contributed by atoms with Gasteiger partial charge in [-0.2, -0.15) is 0 Å². The van der Waals surface area contributed by atoms with Gasteiger partial charge in [0.2, 0.25) is 0 Å². The maximum Gasteiger partial charge on any atom is 0.160 e. The Morgan fingerprint density at radius 2 is 2.17 bits per heavy atom. The van der Waals surface area contributed by atoms with E-state index in [1.165, 1.54) is 0 Å². The lowest BCUT2D eigenvalue weighted by Crippen LogP contribution is -2.11. The summed E-state index contributed by atoms with van der Waals surface area (Å²) in [5.41, 5.74) is 2.70. The third-order valence-corrected chi connectivity index (χ3v) is 3.68. The van der Waals surface area contributed by atoms with Gasteiger partial charge in [-0.25, -0.2) is 9.97 Å². The summed E-state index contributed by atoms with van der Waals surface area (Å²) in [5.74, 6) is 2.05. The molecule has 98 valence electrons. The summed E-state index contributed by atoms with van der Waals surface area (Å²) >= 11 is 5.80. The SMILES string of the molecule is Cc1ccc2nc(CCCl)n(CCS(C)=O)c2n1. The fourth-order valence-corrected chi connectivity index (χ4v) is 2.48. The highest BCUT2D eigenvalue weighted by atomic mass is 35.5. The molecule has 2 aromatic rings. The summed E-state index contributed by atoms with van der Waals surface area (Å²) in [6.45, 7) is 2.62. The molecule has 0 aromatic carbocycles. The number of nitrogens with zero attached hydrogens (tertiary/aromatic N) is 3. The Balaban J connectivity index is 2.46. The molecule has 18 heavy (non-hydrogen) atoms. The second-order valence-corrected chi connectivity index (χ2v) is 6.12.